The summed E-state index contributed by atoms with van der Waals surface area (Å²) in [5.41, 5.74) is -0.958. The summed E-state index contributed by atoms with van der Waals surface area (Å²) >= 11 is 1.95. The van der Waals surface area contributed by atoms with E-state index in [-0.39, 0.29) is 34.7 Å². The molecule has 0 spiro atoms. The number of guanidine groups is 1. The van der Waals surface area contributed by atoms with Crippen molar-refractivity contribution >= 4 is 47.6 Å². The van der Waals surface area contributed by atoms with E-state index < -0.39 is 11.9 Å². The summed E-state index contributed by atoms with van der Waals surface area (Å²) in [6.07, 6.45) is -0.996. The van der Waals surface area contributed by atoms with Gasteiger partial charge in [-0.1, -0.05) is 0 Å². The van der Waals surface area contributed by atoms with E-state index in [0.29, 0.717) is 19.0 Å². The van der Waals surface area contributed by atoms with Crippen molar-refractivity contribution in [2.75, 3.05) is 37.2 Å². The molecule has 2 heterocycles. The van der Waals surface area contributed by atoms with E-state index in [0.717, 1.165) is 31.8 Å². The molecule has 1 aliphatic rings. The van der Waals surface area contributed by atoms with Crippen molar-refractivity contribution in [3.8, 4) is 0 Å². The third kappa shape index (κ3) is 8.28. The largest absolute Gasteiger partial charge is 0.433 e. The fraction of sp³-hybridized carbons (Fsp3) is 0.688. The van der Waals surface area contributed by atoms with Crippen LogP contribution in [0.25, 0.3) is 0 Å². The molecular formula is C16H26F3IN6S. The van der Waals surface area contributed by atoms with Crippen LogP contribution >= 0.6 is 35.7 Å². The Labute approximate surface area is 179 Å². The minimum absolute atomic E-state index is 0. The normalized spacial score (nSPS) is 20.1. The number of nitrogens with zero attached hydrogens (tertiary/aromatic N) is 3. The number of thioether (sulfide) groups is 1. The molecule has 0 aliphatic carbocycles. The molecule has 0 saturated carbocycles. The number of hydrogen-bond donors (Lipinski definition) is 3. The van der Waals surface area contributed by atoms with Crippen molar-refractivity contribution in [2.45, 2.75) is 37.6 Å². The maximum absolute atomic E-state index is 12.6. The van der Waals surface area contributed by atoms with Crippen LogP contribution < -0.4 is 16.0 Å². The zero-order chi connectivity index (χ0) is 19.0. The highest BCUT2D eigenvalue weighted by Crippen LogP contribution is 2.37. The van der Waals surface area contributed by atoms with Gasteiger partial charge in [0.1, 0.15) is 5.69 Å². The molecule has 1 unspecified atom stereocenters. The average Bonchev–Trinajstić information content (AvgIpc) is 3.03. The molecule has 3 N–H and O–H groups in total. The molecule has 11 heteroatoms. The fourth-order valence-electron chi connectivity index (χ4n) is 2.51. The number of hydrogen-bond acceptors (Lipinski definition) is 5. The Hall–Kier alpha value is -0.980. The van der Waals surface area contributed by atoms with Gasteiger partial charge in [0.05, 0.1) is 6.54 Å². The van der Waals surface area contributed by atoms with E-state index in [2.05, 4.69) is 37.8 Å². The molecule has 6 nitrogen and oxygen atoms in total. The van der Waals surface area contributed by atoms with Crippen LogP contribution in [0.3, 0.4) is 0 Å². The van der Waals surface area contributed by atoms with Crippen molar-refractivity contribution in [1.82, 2.24) is 20.6 Å². The molecule has 154 valence electrons. The lowest BCUT2D eigenvalue weighted by Crippen LogP contribution is -2.40. The maximum atomic E-state index is 12.6. The zero-order valence-corrected chi connectivity index (χ0v) is 18.5. The van der Waals surface area contributed by atoms with Crippen LogP contribution in [0, 0.1) is 0 Å². The average molecular weight is 518 g/mol. The van der Waals surface area contributed by atoms with Crippen LogP contribution in [-0.2, 0) is 6.18 Å². The van der Waals surface area contributed by atoms with Gasteiger partial charge in [0.2, 0.25) is 5.95 Å². The lowest BCUT2D eigenvalue weighted by molar-refractivity contribution is -0.141. The van der Waals surface area contributed by atoms with Gasteiger partial charge in [-0.2, -0.15) is 24.9 Å². The van der Waals surface area contributed by atoms with Crippen molar-refractivity contribution < 1.29 is 13.2 Å². The molecule has 0 radical (unpaired) electrons. The second-order valence-electron chi connectivity index (χ2n) is 6.21. The second-order valence-corrected chi connectivity index (χ2v) is 7.90. The Balaban J connectivity index is 0.00000364. The number of rotatable bonds is 7. The Bertz CT molecular complexity index is 608. The lowest BCUT2D eigenvalue weighted by atomic mass is 10.1. The van der Waals surface area contributed by atoms with Crippen molar-refractivity contribution in [3.63, 3.8) is 0 Å². The molecule has 1 fully saturated rings. The fourth-order valence-corrected chi connectivity index (χ4v) is 3.73. The van der Waals surface area contributed by atoms with E-state index in [1.54, 1.807) is 0 Å². The first-order valence-electron chi connectivity index (χ1n) is 8.63. The van der Waals surface area contributed by atoms with Crippen molar-refractivity contribution in [1.29, 1.82) is 0 Å². The van der Waals surface area contributed by atoms with Gasteiger partial charge < -0.3 is 16.0 Å². The molecule has 0 aromatic carbocycles. The number of aliphatic imine (C=N–C) groups is 1. The van der Waals surface area contributed by atoms with Crippen LogP contribution in [-0.4, -0.2) is 52.6 Å². The summed E-state index contributed by atoms with van der Waals surface area (Å²) in [5, 5.41) is 9.13. The van der Waals surface area contributed by atoms with E-state index in [4.69, 9.17) is 0 Å². The lowest BCUT2D eigenvalue weighted by Gasteiger charge is -2.21. The van der Waals surface area contributed by atoms with Crippen LogP contribution in [0.2, 0.25) is 0 Å². The first-order valence-corrected chi connectivity index (χ1v) is 9.61. The minimum atomic E-state index is -4.48. The van der Waals surface area contributed by atoms with Gasteiger partial charge in [0.25, 0.3) is 0 Å². The minimum Gasteiger partial charge on any atom is -0.357 e. The maximum Gasteiger partial charge on any atom is 0.433 e. The monoisotopic (exact) mass is 518 g/mol. The number of aromatic nitrogens is 2. The topological polar surface area (TPSA) is 74.2 Å². The Morgan fingerprint density at radius 1 is 1.33 bits per heavy atom. The molecule has 1 aromatic heterocycles. The summed E-state index contributed by atoms with van der Waals surface area (Å²) in [6, 6.07) is 0.848. The standard InChI is InChI=1S/C16H25F3N6S.HI/c1-3-20-13(24-11-15(2)6-4-10-26-15)22-8-9-23-14-21-7-5-12(25-14)16(17,18)19;/h5,7H,3-4,6,8-11H2,1-2H3,(H2,20,22,24)(H,21,23,25);1H. The summed E-state index contributed by atoms with van der Waals surface area (Å²) in [4.78, 5) is 11.9. The van der Waals surface area contributed by atoms with Gasteiger partial charge in [0, 0.05) is 30.6 Å². The zero-order valence-electron chi connectivity index (χ0n) is 15.4. The summed E-state index contributed by atoms with van der Waals surface area (Å²) in [6.45, 7) is 6.53. The van der Waals surface area contributed by atoms with Gasteiger partial charge >= 0.3 is 6.18 Å². The molecule has 1 atom stereocenters. The van der Waals surface area contributed by atoms with Crippen molar-refractivity contribution in [3.05, 3.63) is 18.0 Å². The molecule has 0 bridgehead atoms. The number of halogens is 4. The van der Waals surface area contributed by atoms with E-state index in [1.807, 2.05) is 18.7 Å². The van der Waals surface area contributed by atoms with Gasteiger partial charge in [-0.05, 0) is 38.5 Å². The van der Waals surface area contributed by atoms with Gasteiger partial charge in [-0.3, -0.25) is 4.99 Å². The third-order valence-corrected chi connectivity index (χ3v) is 5.39. The predicted molar refractivity (Wildman–Crippen MR) is 115 cm³/mol. The predicted octanol–water partition coefficient (Wildman–Crippen LogP) is 3.37. The SMILES string of the molecule is CCNC(=NCC1(C)CCCS1)NCCNc1nccc(C(F)(F)F)n1.I. The van der Waals surface area contributed by atoms with Crippen molar-refractivity contribution in [2.24, 2.45) is 4.99 Å². The molecule has 1 aliphatic heterocycles. The first-order chi connectivity index (χ1) is 12.3. The highest BCUT2D eigenvalue weighted by Gasteiger charge is 2.32. The van der Waals surface area contributed by atoms with Crippen LogP contribution in [0.5, 0.6) is 0 Å². The highest BCUT2D eigenvalue weighted by atomic mass is 127. The van der Waals surface area contributed by atoms with Gasteiger partial charge in [-0.15, -0.1) is 24.0 Å². The molecule has 0 amide bonds. The Kier molecular flexibility index (Phi) is 9.91. The Morgan fingerprint density at radius 2 is 2.11 bits per heavy atom. The van der Waals surface area contributed by atoms with Gasteiger partial charge in [0.15, 0.2) is 5.96 Å². The number of nitrogens with one attached hydrogen (secondary N) is 3. The van der Waals surface area contributed by atoms with Crippen LogP contribution in [0.15, 0.2) is 17.3 Å². The third-order valence-electron chi connectivity index (χ3n) is 3.86. The second kappa shape index (κ2) is 11.1. The summed E-state index contributed by atoms with van der Waals surface area (Å²) in [5.74, 6) is 1.84. The Morgan fingerprint density at radius 3 is 2.74 bits per heavy atom. The number of alkyl halides is 3. The summed E-state index contributed by atoms with van der Waals surface area (Å²) < 4.78 is 38.1. The first kappa shape index (κ1) is 24.1. The van der Waals surface area contributed by atoms with Crippen LogP contribution in [0.1, 0.15) is 32.4 Å². The molecular weight excluding hydrogens is 492 g/mol. The quantitative estimate of drug-likeness (QED) is 0.223. The number of anilines is 1. The van der Waals surface area contributed by atoms with E-state index >= 15 is 0 Å². The molecule has 1 aromatic rings. The van der Waals surface area contributed by atoms with E-state index in [1.165, 1.54) is 12.2 Å². The highest BCUT2D eigenvalue weighted by molar-refractivity contribution is 14.0. The van der Waals surface area contributed by atoms with E-state index in [9.17, 15) is 13.2 Å². The summed E-state index contributed by atoms with van der Waals surface area (Å²) in [7, 11) is 0. The smallest absolute Gasteiger partial charge is 0.357 e. The van der Waals surface area contributed by atoms with Crippen LogP contribution in [0.4, 0.5) is 19.1 Å². The van der Waals surface area contributed by atoms with Gasteiger partial charge in [-0.25, -0.2) is 9.97 Å². The molecule has 2 rings (SSSR count). The molecule has 1 saturated heterocycles. The molecule has 27 heavy (non-hydrogen) atoms.